The van der Waals surface area contributed by atoms with Crippen molar-refractivity contribution in [2.45, 2.75) is 46.0 Å². The van der Waals surface area contributed by atoms with E-state index in [-0.39, 0.29) is 11.3 Å². The molecule has 0 saturated carbocycles. The lowest BCUT2D eigenvalue weighted by atomic mass is 9.90. The molecule has 0 bridgehead atoms. The second-order valence-corrected chi connectivity index (χ2v) is 8.05. The maximum absolute atomic E-state index is 13.2. The highest BCUT2D eigenvalue weighted by Crippen LogP contribution is 2.32. The lowest BCUT2D eigenvalue weighted by Gasteiger charge is -2.22. The molecule has 1 aliphatic heterocycles. The zero-order chi connectivity index (χ0) is 18.3. The molecule has 1 unspecified atom stereocenters. The lowest BCUT2D eigenvalue weighted by molar-refractivity contribution is 0.0769. The summed E-state index contributed by atoms with van der Waals surface area (Å²) in [7, 11) is 0. The van der Waals surface area contributed by atoms with Gasteiger partial charge in [0.25, 0.3) is 5.91 Å². The molecule has 26 heavy (non-hydrogen) atoms. The van der Waals surface area contributed by atoms with Crippen LogP contribution in [0.1, 0.15) is 54.0 Å². The first-order valence-corrected chi connectivity index (χ1v) is 9.74. The molecule has 0 radical (unpaired) electrons. The third-order valence-corrected chi connectivity index (χ3v) is 6.06. The van der Waals surface area contributed by atoms with Crippen LogP contribution in [0.4, 0.5) is 0 Å². The minimum absolute atomic E-state index is 0.0391. The largest absolute Gasteiger partial charge is 0.337 e. The third kappa shape index (κ3) is 2.84. The maximum atomic E-state index is 13.2. The number of amides is 1. The monoisotopic (exact) mass is 352 g/mol. The Morgan fingerprint density at radius 1 is 1.27 bits per heavy atom. The third-order valence-electron chi connectivity index (χ3n) is 6.06. The molecule has 0 spiro atoms. The van der Waals surface area contributed by atoms with Crippen molar-refractivity contribution in [3.8, 4) is 5.69 Å². The minimum Gasteiger partial charge on any atom is -0.337 e. The first-order valence-electron chi connectivity index (χ1n) is 9.74. The number of hydrogen-bond donors (Lipinski definition) is 1. The van der Waals surface area contributed by atoms with Gasteiger partial charge in [-0.15, -0.1) is 0 Å². The normalized spacial score (nSPS) is 22.0. The van der Waals surface area contributed by atoms with Gasteiger partial charge in [-0.1, -0.05) is 26.0 Å². The lowest BCUT2D eigenvalue weighted by Crippen LogP contribution is -2.35. The minimum atomic E-state index is 0.0391. The molecule has 1 aromatic carbocycles. The summed E-state index contributed by atoms with van der Waals surface area (Å²) in [6.07, 6.45) is 5.03. The van der Waals surface area contributed by atoms with Gasteiger partial charge >= 0.3 is 0 Å². The average Bonchev–Trinajstić information content (AvgIpc) is 3.37. The molecule has 1 aromatic heterocycles. The van der Waals surface area contributed by atoms with Gasteiger partial charge in [0.05, 0.1) is 5.69 Å². The number of benzene rings is 1. The van der Waals surface area contributed by atoms with Gasteiger partial charge in [0.2, 0.25) is 0 Å². The summed E-state index contributed by atoms with van der Waals surface area (Å²) in [4.78, 5) is 15.1. The van der Waals surface area contributed by atoms with E-state index >= 15 is 0 Å². The van der Waals surface area contributed by atoms with Gasteiger partial charge in [0.15, 0.2) is 5.69 Å². The first kappa shape index (κ1) is 17.3. The van der Waals surface area contributed by atoms with Crippen LogP contribution in [0.3, 0.4) is 0 Å². The van der Waals surface area contributed by atoms with Crippen molar-refractivity contribution in [1.82, 2.24) is 14.7 Å². The summed E-state index contributed by atoms with van der Waals surface area (Å²) < 4.78 is 1.99. The van der Waals surface area contributed by atoms with Crippen molar-refractivity contribution in [1.29, 1.82) is 0 Å². The van der Waals surface area contributed by atoms with Crippen LogP contribution in [0.25, 0.3) is 5.69 Å². The van der Waals surface area contributed by atoms with Crippen molar-refractivity contribution in [2.75, 3.05) is 19.6 Å². The van der Waals surface area contributed by atoms with Gasteiger partial charge in [-0.2, -0.15) is 5.10 Å². The van der Waals surface area contributed by atoms with E-state index in [2.05, 4.69) is 38.1 Å². The molecule has 2 N–H and O–H groups in total. The molecule has 1 atom stereocenters. The molecule has 1 saturated heterocycles. The number of rotatable bonds is 4. The molecule has 2 heterocycles. The summed E-state index contributed by atoms with van der Waals surface area (Å²) in [5, 5.41) is 4.77. The Balaban J connectivity index is 1.67. The quantitative estimate of drug-likeness (QED) is 0.920. The van der Waals surface area contributed by atoms with Gasteiger partial charge in [0, 0.05) is 24.3 Å². The Hall–Kier alpha value is -2.14. The van der Waals surface area contributed by atoms with Gasteiger partial charge in [0.1, 0.15) is 0 Å². The molecule has 5 heteroatoms. The summed E-state index contributed by atoms with van der Waals surface area (Å²) in [6, 6.07) is 8.51. The Bertz CT molecular complexity index is 823. The average molecular weight is 352 g/mol. The number of carbonyl (C=O) groups is 1. The zero-order valence-corrected chi connectivity index (χ0v) is 15.8. The second kappa shape index (κ2) is 6.54. The van der Waals surface area contributed by atoms with Gasteiger partial charge in [-0.05, 0) is 61.8 Å². The topological polar surface area (TPSA) is 64.2 Å². The Kier molecular flexibility index (Phi) is 4.35. The molecule has 2 aromatic rings. The van der Waals surface area contributed by atoms with E-state index in [0.717, 1.165) is 56.4 Å². The van der Waals surface area contributed by atoms with Crippen molar-refractivity contribution in [3.63, 3.8) is 0 Å². The first-order chi connectivity index (χ1) is 12.5. The number of nitrogens with two attached hydrogens (primary N) is 1. The van der Waals surface area contributed by atoms with Crippen molar-refractivity contribution < 1.29 is 4.79 Å². The number of fused-ring (bicyclic) bond motifs is 1. The molecule has 1 amide bonds. The number of carbonyl (C=O) groups excluding carboxylic acids is 1. The van der Waals surface area contributed by atoms with E-state index in [1.54, 1.807) is 0 Å². The van der Waals surface area contributed by atoms with Crippen LogP contribution >= 0.6 is 0 Å². The van der Waals surface area contributed by atoms with E-state index in [4.69, 9.17) is 10.8 Å². The molecule has 1 fully saturated rings. The summed E-state index contributed by atoms with van der Waals surface area (Å²) in [5.41, 5.74) is 11.3. The molecule has 5 nitrogen and oxygen atoms in total. The van der Waals surface area contributed by atoms with Gasteiger partial charge in [-0.3, -0.25) is 4.79 Å². The van der Waals surface area contributed by atoms with Crippen LogP contribution in [0.2, 0.25) is 0 Å². The van der Waals surface area contributed by atoms with Crippen LogP contribution < -0.4 is 5.73 Å². The summed E-state index contributed by atoms with van der Waals surface area (Å²) in [5.74, 6) is 0.0734. The van der Waals surface area contributed by atoms with Gasteiger partial charge < -0.3 is 10.6 Å². The number of aryl methyl sites for hydroxylation is 1. The van der Waals surface area contributed by atoms with Crippen LogP contribution in [-0.2, 0) is 19.3 Å². The molecule has 138 valence electrons. The smallest absolute Gasteiger partial charge is 0.274 e. The molecule has 2 aliphatic rings. The summed E-state index contributed by atoms with van der Waals surface area (Å²) in [6.45, 7) is 6.45. The Labute approximate surface area is 155 Å². The molecular weight excluding hydrogens is 324 g/mol. The van der Waals surface area contributed by atoms with E-state index < -0.39 is 0 Å². The fourth-order valence-corrected chi connectivity index (χ4v) is 4.21. The molecule has 1 aliphatic carbocycles. The SMILES string of the molecule is CCc1ccc(-n2nc(C(=O)N3CCC(C)(CN)C3)c3c2CCC3)cc1. The molecular formula is C21H28N4O. The number of aromatic nitrogens is 2. The maximum Gasteiger partial charge on any atom is 0.274 e. The number of hydrogen-bond acceptors (Lipinski definition) is 3. The standard InChI is InChI=1S/C21H28N4O/c1-3-15-7-9-16(10-8-15)25-18-6-4-5-17(18)19(23-25)20(26)24-12-11-21(2,13-22)14-24/h7-10H,3-6,11-14,22H2,1-2H3. The van der Waals surface area contributed by atoms with E-state index in [1.165, 1.54) is 11.3 Å². The van der Waals surface area contributed by atoms with Crippen LogP contribution in [0, 0.1) is 5.41 Å². The van der Waals surface area contributed by atoms with Gasteiger partial charge in [-0.25, -0.2) is 4.68 Å². The predicted octanol–water partition coefficient (Wildman–Crippen LogP) is 2.73. The second-order valence-electron chi connectivity index (χ2n) is 8.05. The highest BCUT2D eigenvalue weighted by molar-refractivity contribution is 5.94. The fraction of sp³-hybridized carbons (Fsp3) is 0.524. The van der Waals surface area contributed by atoms with Crippen LogP contribution in [-0.4, -0.2) is 40.2 Å². The fourth-order valence-electron chi connectivity index (χ4n) is 4.21. The van der Waals surface area contributed by atoms with Crippen LogP contribution in [0.5, 0.6) is 0 Å². The van der Waals surface area contributed by atoms with E-state index in [9.17, 15) is 4.79 Å². The Morgan fingerprint density at radius 2 is 2.04 bits per heavy atom. The van der Waals surface area contributed by atoms with E-state index in [0.29, 0.717) is 12.2 Å². The van der Waals surface area contributed by atoms with E-state index in [1.807, 2.05) is 9.58 Å². The predicted molar refractivity (Wildman–Crippen MR) is 103 cm³/mol. The molecule has 4 rings (SSSR count). The number of nitrogens with zero attached hydrogens (tertiary/aromatic N) is 3. The summed E-state index contributed by atoms with van der Waals surface area (Å²) >= 11 is 0. The zero-order valence-electron chi connectivity index (χ0n) is 15.8. The Morgan fingerprint density at radius 3 is 2.69 bits per heavy atom. The number of likely N-dealkylation sites (tertiary alicyclic amines) is 1. The highest BCUT2D eigenvalue weighted by Gasteiger charge is 2.37. The van der Waals surface area contributed by atoms with Crippen molar-refractivity contribution in [3.05, 3.63) is 46.8 Å². The highest BCUT2D eigenvalue weighted by atomic mass is 16.2. The van der Waals surface area contributed by atoms with Crippen molar-refractivity contribution in [2.24, 2.45) is 11.1 Å². The van der Waals surface area contributed by atoms with Crippen LogP contribution in [0.15, 0.2) is 24.3 Å². The van der Waals surface area contributed by atoms with Crippen molar-refractivity contribution >= 4 is 5.91 Å².